The third-order valence-electron chi connectivity index (χ3n) is 1.64. The van der Waals surface area contributed by atoms with Crippen LogP contribution in [0.25, 0.3) is 0 Å². The summed E-state index contributed by atoms with van der Waals surface area (Å²) in [7, 11) is 0. The van der Waals surface area contributed by atoms with Gasteiger partial charge >= 0.3 is 0 Å². The van der Waals surface area contributed by atoms with Gasteiger partial charge in [-0.1, -0.05) is 26.7 Å². The highest BCUT2D eigenvalue weighted by Gasteiger charge is 2.05. The number of primary amides is 1. The Balaban J connectivity index is 3.43. The zero-order chi connectivity index (χ0) is 7.28. The molecular formula is C7H15NO. The van der Waals surface area contributed by atoms with E-state index >= 15 is 0 Å². The van der Waals surface area contributed by atoms with Crippen molar-refractivity contribution in [2.24, 2.45) is 11.7 Å². The van der Waals surface area contributed by atoms with Crippen molar-refractivity contribution in [2.45, 2.75) is 33.1 Å². The molecule has 0 unspecified atom stereocenters. The number of rotatable bonds is 4. The molecule has 0 aliphatic carbocycles. The molecule has 2 heteroatoms. The van der Waals surface area contributed by atoms with Crippen molar-refractivity contribution in [3.8, 4) is 0 Å². The number of nitrogens with two attached hydrogens (primary N) is 1. The van der Waals surface area contributed by atoms with Gasteiger partial charge in [0.15, 0.2) is 0 Å². The molecular weight excluding hydrogens is 114 g/mol. The van der Waals surface area contributed by atoms with Gasteiger partial charge in [0.25, 0.3) is 0 Å². The summed E-state index contributed by atoms with van der Waals surface area (Å²) >= 11 is 0. The van der Waals surface area contributed by atoms with E-state index < -0.39 is 0 Å². The van der Waals surface area contributed by atoms with Gasteiger partial charge in [0, 0.05) is 6.42 Å². The van der Waals surface area contributed by atoms with Crippen LogP contribution in [-0.2, 0) is 4.79 Å². The van der Waals surface area contributed by atoms with Gasteiger partial charge < -0.3 is 5.73 Å². The second-order valence-corrected chi connectivity index (χ2v) is 2.35. The topological polar surface area (TPSA) is 43.1 Å². The predicted octanol–water partition coefficient (Wildman–Crippen LogP) is 1.30. The fraction of sp³-hybridized carbons (Fsp3) is 0.857. The van der Waals surface area contributed by atoms with E-state index in [-0.39, 0.29) is 5.91 Å². The molecule has 0 bridgehead atoms. The van der Waals surface area contributed by atoms with Crippen LogP contribution in [0.3, 0.4) is 0 Å². The summed E-state index contributed by atoms with van der Waals surface area (Å²) in [6.45, 7) is 4.16. The maximum atomic E-state index is 10.3. The zero-order valence-electron chi connectivity index (χ0n) is 6.18. The first-order chi connectivity index (χ1) is 4.20. The van der Waals surface area contributed by atoms with Gasteiger partial charge in [0.2, 0.25) is 5.91 Å². The Labute approximate surface area is 56.4 Å². The first-order valence-corrected chi connectivity index (χ1v) is 3.49. The van der Waals surface area contributed by atoms with Gasteiger partial charge in [-0.3, -0.25) is 4.79 Å². The number of hydrogen-bond donors (Lipinski definition) is 1. The molecule has 2 nitrogen and oxygen atoms in total. The average Bonchev–Trinajstić information content (AvgIpc) is 1.82. The van der Waals surface area contributed by atoms with Crippen molar-refractivity contribution in [3.63, 3.8) is 0 Å². The fourth-order valence-corrected chi connectivity index (χ4v) is 0.862. The van der Waals surface area contributed by atoms with E-state index in [1.807, 2.05) is 0 Å². The summed E-state index contributed by atoms with van der Waals surface area (Å²) in [5, 5.41) is 0. The van der Waals surface area contributed by atoms with Gasteiger partial charge in [-0.2, -0.15) is 0 Å². The highest BCUT2D eigenvalue weighted by molar-refractivity contribution is 5.73. The van der Waals surface area contributed by atoms with Crippen molar-refractivity contribution in [1.29, 1.82) is 0 Å². The van der Waals surface area contributed by atoms with Crippen LogP contribution in [-0.4, -0.2) is 5.91 Å². The smallest absolute Gasteiger partial charge is 0.217 e. The van der Waals surface area contributed by atoms with E-state index in [1.165, 1.54) is 0 Å². The molecule has 0 fully saturated rings. The third kappa shape index (κ3) is 4.01. The van der Waals surface area contributed by atoms with Crippen LogP contribution in [0, 0.1) is 5.92 Å². The number of carbonyl (C=O) groups is 1. The lowest BCUT2D eigenvalue weighted by Gasteiger charge is -2.07. The Hall–Kier alpha value is -0.530. The molecule has 0 atom stereocenters. The molecule has 0 saturated carbocycles. The molecule has 0 radical (unpaired) electrons. The molecule has 0 saturated heterocycles. The standard InChI is InChI=1S/C7H15NO/c1-3-6(4-2)5-7(8)9/h6H,3-5H2,1-2H3,(H2,8,9). The number of amides is 1. The van der Waals surface area contributed by atoms with Gasteiger partial charge in [0.05, 0.1) is 0 Å². The lowest BCUT2D eigenvalue weighted by atomic mass is 9.99. The molecule has 0 aromatic rings. The molecule has 1 amide bonds. The Morgan fingerprint density at radius 3 is 2.00 bits per heavy atom. The first-order valence-electron chi connectivity index (χ1n) is 3.49. The van der Waals surface area contributed by atoms with Crippen molar-refractivity contribution in [3.05, 3.63) is 0 Å². The average molecular weight is 129 g/mol. The summed E-state index contributed by atoms with van der Waals surface area (Å²) in [5.41, 5.74) is 5.01. The van der Waals surface area contributed by atoms with Gasteiger partial charge in [-0.25, -0.2) is 0 Å². The van der Waals surface area contributed by atoms with Crippen LogP contribution >= 0.6 is 0 Å². The maximum absolute atomic E-state index is 10.3. The minimum Gasteiger partial charge on any atom is -0.370 e. The van der Waals surface area contributed by atoms with Crippen molar-refractivity contribution in [2.75, 3.05) is 0 Å². The summed E-state index contributed by atoms with van der Waals surface area (Å²) < 4.78 is 0. The van der Waals surface area contributed by atoms with Crippen LogP contribution in [0.5, 0.6) is 0 Å². The number of carbonyl (C=O) groups excluding carboxylic acids is 1. The Morgan fingerprint density at radius 1 is 1.44 bits per heavy atom. The largest absolute Gasteiger partial charge is 0.370 e. The van der Waals surface area contributed by atoms with Gasteiger partial charge in [-0.15, -0.1) is 0 Å². The van der Waals surface area contributed by atoms with Crippen LogP contribution in [0.15, 0.2) is 0 Å². The van der Waals surface area contributed by atoms with Gasteiger partial charge in [-0.05, 0) is 5.92 Å². The van der Waals surface area contributed by atoms with E-state index in [1.54, 1.807) is 0 Å². The molecule has 0 aliphatic heterocycles. The lowest BCUT2D eigenvalue weighted by Crippen LogP contribution is -2.15. The highest BCUT2D eigenvalue weighted by Crippen LogP contribution is 2.10. The number of hydrogen-bond acceptors (Lipinski definition) is 1. The molecule has 0 spiro atoms. The van der Waals surface area contributed by atoms with Crippen molar-refractivity contribution in [1.82, 2.24) is 0 Å². The molecule has 2 N–H and O–H groups in total. The minimum atomic E-state index is -0.177. The second kappa shape index (κ2) is 4.36. The van der Waals surface area contributed by atoms with Crippen molar-refractivity contribution >= 4 is 5.91 Å². The summed E-state index contributed by atoms with van der Waals surface area (Å²) in [6.07, 6.45) is 2.66. The summed E-state index contributed by atoms with van der Waals surface area (Å²) in [4.78, 5) is 10.3. The minimum absolute atomic E-state index is 0.177. The summed E-state index contributed by atoms with van der Waals surface area (Å²) in [5.74, 6) is 0.325. The molecule has 0 heterocycles. The van der Waals surface area contributed by atoms with E-state index in [0.29, 0.717) is 12.3 Å². The molecule has 0 aromatic carbocycles. The van der Waals surface area contributed by atoms with Crippen molar-refractivity contribution < 1.29 is 4.79 Å². The van der Waals surface area contributed by atoms with Crippen LogP contribution in [0.1, 0.15) is 33.1 Å². The molecule has 54 valence electrons. The molecule has 9 heavy (non-hydrogen) atoms. The van der Waals surface area contributed by atoms with Crippen LogP contribution in [0.2, 0.25) is 0 Å². The quantitative estimate of drug-likeness (QED) is 0.610. The first kappa shape index (κ1) is 8.47. The summed E-state index contributed by atoms with van der Waals surface area (Å²) in [6, 6.07) is 0. The molecule has 0 aliphatic rings. The van der Waals surface area contributed by atoms with E-state index in [0.717, 1.165) is 12.8 Å². The third-order valence-corrected chi connectivity index (χ3v) is 1.64. The van der Waals surface area contributed by atoms with E-state index in [9.17, 15) is 4.79 Å². The van der Waals surface area contributed by atoms with Crippen LogP contribution in [0.4, 0.5) is 0 Å². The predicted molar refractivity (Wildman–Crippen MR) is 37.9 cm³/mol. The Bertz CT molecular complexity index is 86.9. The SMILES string of the molecule is CCC(CC)CC(N)=O. The lowest BCUT2D eigenvalue weighted by molar-refractivity contribution is -0.118. The Morgan fingerprint density at radius 2 is 1.89 bits per heavy atom. The monoisotopic (exact) mass is 129 g/mol. The Kier molecular flexibility index (Phi) is 4.10. The zero-order valence-corrected chi connectivity index (χ0v) is 6.18. The van der Waals surface area contributed by atoms with E-state index in [2.05, 4.69) is 13.8 Å². The molecule has 0 aromatic heterocycles. The van der Waals surface area contributed by atoms with E-state index in [4.69, 9.17) is 5.73 Å². The maximum Gasteiger partial charge on any atom is 0.217 e. The van der Waals surface area contributed by atoms with Gasteiger partial charge in [0.1, 0.15) is 0 Å². The molecule has 0 rings (SSSR count). The normalized spacial score (nSPS) is 10.1. The fourth-order valence-electron chi connectivity index (χ4n) is 0.862. The highest BCUT2D eigenvalue weighted by atomic mass is 16.1. The second-order valence-electron chi connectivity index (χ2n) is 2.35. The van der Waals surface area contributed by atoms with Crippen LogP contribution < -0.4 is 5.73 Å².